The second kappa shape index (κ2) is 23.0. The molecule has 0 aliphatic rings. The zero-order chi connectivity index (χ0) is 60.9. The monoisotopic (exact) mass is 1170 g/mol. The number of fused-ring (bicyclic) bond motifs is 6. The van der Waals surface area contributed by atoms with Crippen LogP contribution in [0.4, 0.5) is 0 Å². The highest BCUT2D eigenvalue weighted by Crippen LogP contribution is 2.46. The van der Waals surface area contributed by atoms with Crippen molar-refractivity contribution in [3.8, 4) is 123 Å². The van der Waals surface area contributed by atoms with E-state index in [0.717, 1.165) is 128 Å². The molecule has 0 bridgehead atoms. The minimum absolute atomic E-state index is 0.560. The molecule has 0 fully saturated rings. The lowest BCUT2D eigenvalue weighted by Crippen LogP contribution is -2.04. The molecule has 3 aromatic heterocycles. The molecule has 0 aliphatic heterocycles. The first-order chi connectivity index (χ1) is 45.6. The molecule has 0 atom stereocenters. The van der Waals surface area contributed by atoms with Crippen molar-refractivity contribution in [3.63, 3.8) is 0 Å². The number of para-hydroxylation sites is 2. The molecule has 0 unspecified atom stereocenters. The van der Waals surface area contributed by atoms with Crippen LogP contribution in [0.15, 0.2) is 346 Å². The molecule has 17 rings (SSSR count). The summed E-state index contributed by atoms with van der Waals surface area (Å²) in [6, 6.07) is 124. The third-order valence-electron chi connectivity index (χ3n) is 17.9. The highest BCUT2D eigenvalue weighted by atomic mass is 15.0. The molecular weight excluding hydrogens is 1110 g/mol. The summed E-state index contributed by atoms with van der Waals surface area (Å²) in [7, 11) is 0. The van der Waals surface area contributed by atoms with Crippen LogP contribution in [0.5, 0.6) is 0 Å². The van der Waals surface area contributed by atoms with Crippen LogP contribution < -0.4 is 0 Å². The van der Waals surface area contributed by atoms with Crippen molar-refractivity contribution < 1.29 is 0 Å². The van der Waals surface area contributed by atoms with Gasteiger partial charge in [-0.15, -0.1) is 0 Å². The maximum atomic E-state index is 5.61. The molecule has 14 aromatic carbocycles. The topological polar surface area (TPSA) is 48.5 Å². The number of nitrogens with zero attached hydrogens (tertiary/aromatic N) is 5. The predicted octanol–water partition coefficient (Wildman–Crippen LogP) is 22.7. The van der Waals surface area contributed by atoms with Crippen LogP contribution in [0.2, 0.25) is 0 Å². The zero-order valence-electron chi connectivity index (χ0n) is 50.1. The summed E-state index contributed by atoms with van der Waals surface area (Å²) in [6.07, 6.45) is 0. The van der Waals surface area contributed by atoms with E-state index in [1.165, 1.54) is 21.9 Å². The first-order valence-corrected chi connectivity index (χ1v) is 31.3. The molecule has 0 saturated heterocycles. The van der Waals surface area contributed by atoms with Crippen LogP contribution in [0.25, 0.3) is 167 Å². The van der Waals surface area contributed by atoms with E-state index in [1.807, 2.05) is 0 Å². The molecule has 430 valence electrons. The summed E-state index contributed by atoms with van der Waals surface area (Å²) in [4.78, 5) is 16.6. The number of hydrogen-bond donors (Lipinski definition) is 0. The Balaban J connectivity index is 0.929. The Morgan fingerprint density at radius 2 is 0.489 bits per heavy atom. The lowest BCUT2D eigenvalue weighted by atomic mass is 9.92. The van der Waals surface area contributed by atoms with E-state index < -0.39 is 0 Å². The molecule has 5 nitrogen and oxygen atoms in total. The van der Waals surface area contributed by atoms with Gasteiger partial charge in [-0.3, -0.25) is 0 Å². The Morgan fingerprint density at radius 3 is 1.00 bits per heavy atom. The van der Waals surface area contributed by atoms with Crippen molar-refractivity contribution in [1.29, 1.82) is 0 Å². The average molecular weight is 1170 g/mol. The van der Waals surface area contributed by atoms with Gasteiger partial charge in [0.2, 0.25) is 0 Å². The van der Waals surface area contributed by atoms with Gasteiger partial charge in [0.05, 0.1) is 27.8 Å². The lowest BCUT2D eigenvalue weighted by molar-refractivity contribution is 1.07. The summed E-state index contributed by atoms with van der Waals surface area (Å²) < 4.78 is 4.94. The fourth-order valence-electron chi connectivity index (χ4n) is 13.5. The van der Waals surface area contributed by atoms with E-state index in [9.17, 15) is 0 Å². The molecule has 0 saturated carbocycles. The minimum atomic E-state index is 0.560. The molecule has 17 aromatic rings. The van der Waals surface area contributed by atoms with E-state index >= 15 is 0 Å². The van der Waals surface area contributed by atoms with Gasteiger partial charge in [-0.25, -0.2) is 15.0 Å². The molecule has 0 spiro atoms. The molecule has 3 heterocycles. The van der Waals surface area contributed by atoms with Crippen LogP contribution in [0.3, 0.4) is 0 Å². The number of benzene rings is 14. The van der Waals surface area contributed by atoms with Crippen molar-refractivity contribution in [1.82, 2.24) is 24.1 Å². The third-order valence-corrected chi connectivity index (χ3v) is 17.9. The fourth-order valence-corrected chi connectivity index (χ4v) is 13.5. The van der Waals surface area contributed by atoms with Gasteiger partial charge < -0.3 is 9.13 Å². The van der Waals surface area contributed by atoms with Gasteiger partial charge in [0.1, 0.15) is 0 Å². The van der Waals surface area contributed by atoms with Crippen LogP contribution in [0.1, 0.15) is 0 Å². The Morgan fingerprint density at radius 1 is 0.174 bits per heavy atom. The van der Waals surface area contributed by atoms with Gasteiger partial charge in [0, 0.05) is 55.0 Å². The number of hydrogen-bond acceptors (Lipinski definition) is 3. The second-order valence-electron chi connectivity index (χ2n) is 23.5. The van der Waals surface area contributed by atoms with Gasteiger partial charge in [-0.05, 0) is 146 Å². The maximum absolute atomic E-state index is 5.61. The van der Waals surface area contributed by atoms with Crippen molar-refractivity contribution in [2.24, 2.45) is 0 Å². The predicted molar refractivity (Wildman–Crippen MR) is 383 cm³/mol. The first kappa shape index (κ1) is 53.9. The number of aromatic nitrogens is 5. The van der Waals surface area contributed by atoms with Crippen molar-refractivity contribution in [2.45, 2.75) is 0 Å². The van der Waals surface area contributed by atoms with Gasteiger partial charge >= 0.3 is 0 Å². The highest BCUT2D eigenvalue weighted by molar-refractivity contribution is 6.14. The first-order valence-electron chi connectivity index (χ1n) is 31.3. The van der Waals surface area contributed by atoms with Gasteiger partial charge in [0.15, 0.2) is 17.5 Å². The second-order valence-corrected chi connectivity index (χ2v) is 23.5. The van der Waals surface area contributed by atoms with Gasteiger partial charge in [0.25, 0.3) is 0 Å². The van der Waals surface area contributed by atoms with Crippen molar-refractivity contribution >= 4 is 43.6 Å². The summed E-state index contributed by atoms with van der Waals surface area (Å²) in [6.45, 7) is 0. The molecule has 0 radical (unpaired) electrons. The highest BCUT2D eigenvalue weighted by Gasteiger charge is 2.25. The Labute approximate surface area is 533 Å². The van der Waals surface area contributed by atoms with Crippen molar-refractivity contribution in [2.75, 3.05) is 0 Å². The van der Waals surface area contributed by atoms with Crippen LogP contribution >= 0.6 is 0 Å². The Hall–Kier alpha value is -12.3. The van der Waals surface area contributed by atoms with E-state index in [4.69, 9.17) is 15.0 Å². The third kappa shape index (κ3) is 9.82. The number of rotatable bonds is 12. The Bertz CT molecular complexity index is 5410. The molecule has 5 heteroatoms. The maximum Gasteiger partial charge on any atom is 0.164 e. The van der Waals surface area contributed by atoms with E-state index in [2.05, 4.69) is 355 Å². The molecule has 0 aliphatic carbocycles. The van der Waals surface area contributed by atoms with Crippen molar-refractivity contribution in [3.05, 3.63) is 346 Å². The van der Waals surface area contributed by atoms with E-state index in [0.29, 0.717) is 17.5 Å². The largest absolute Gasteiger partial charge is 0.309 e. The van der Waals surface area contributed by atoms with E-state index in [-0.39, 0.29) is 0 Å². The summed E-state index contributed by atoms with van der Waals surface area (Å²) in [5, 5.41) is 4.73. The van der Waals surface area contributed by atoms with E-state index in [1.54, 1.807) is 0 Å². The minimum Gasteiger partial charge on any atom is -0.309 e. The van der Waals surface area contributed by atoms with Crippen LogP contribution in [-0.4, -0.2) is 24.1 Å². The zero-order valence-corrected chi connectivity index (χ0v) is 50.1. The summed E-state index contributed by atoms with van der Waals surface area (Å²) >= 11 is 0. The van der Waals surface area contributed by atoms with Crippen LogP contribution in [-0.2, 0) is 0 Å². The molecule has 92 heavy (non-hydrogen) atoms. The van der Waals surface area contributed by atoms with Crippen LogP contribution in [0, 0.1) is 0 Å². The smallest absolute Gasteiger partial charge is 0.164 e. The molecular formula is C87H57N5. The van der Waals surface area contributed by atoms with Gasteiger partial charge in [-0.1, -0.05) is 267 Å². The quantitative estimate of drug-likeness (QED) is 0.122. The standard InChI is InChI=1S/C87H57N5/c1-7-24-58(25-8-1)62-42-44-65(45-43-62)85-88-86(71-52-69(60-28-11-3-12-29-60)51-70(53-71)61-30-13-4-14-31-61)90-87(89-85)72-55-76(63-32-15-5-16-33-63)84(77(56-72)64-34-17-6-18-35-64)92-82-48-46-68(67-37-23-36-66(50-67)59-26-9-2-10-27-59)54-78(82)79-57-73(47-49-83(79)92)91-80-40-21-19-38-74(80)75-39-20-22-41-81(75)91/h1-57H. The average Bonchev–Trinajstić information content (AvgIpc) is 1.56. The summed E-state index contributed by atoms with van der Waals surface area (Å²) in [5.74, 6) is 1.71. The molecule has 0 amide bonds. The normalized spacial score (nSPS) is 11.5. The SMILES string of the molecule is c1ccc(-c2ccc(-c3nc(-c4cc(-c5ccccc5)cc(-c5ccccc5)c4)nc(-c4cc(-c5ccccc5)c(-n5c6ccc(-c7cccc(-c8ccccc8)c7)cc6c6cc(-n7c8ccccc8c8ccccc87)ccc65)c(-c5ccccc5)c4)n3)cc2)cc1. The molecule has 0 N–H and O–H groups in total. The summed E-state index contributed by atoms with van der Waals surface area (Å²) in [5.41, 5.74) is 24.7. The lowest BCUT2D eigenvalue weighted by Gasteiger charge is -2.21. The van der Waals surface area contributed by atoms with Gasteiger partial charge in [-0.2, -0.15) is 0 Å². The fraction of sp³-hybridized carbons (Fsp3) is 0. The Kier molecular flexibility index (Phi) is 13.5.